The molecule has 2 aromatic carbocycles. The van der Waals surface area contributed by atoms with E-state index in [1.807, 2.05) is 6.07 Å². The molecule has 0 unspecified atom stereocenters. The minimum atomic E-state index is -0.424. The van der Waals surface area contributed by atoms with Crippen LogP contribution in [-0.4, -0.2) is 27.6 Å². The van der Waals surface area contributed by atoms with Crippen molar-refractivity contribution in [1.82, 2.24) is 15.1 Å². The second-order valence-electron chi connectivity index (χ2n) is 6.54. The number of carbonyl (C=O) groups is 2. The van der Waals surface area contributed by atoms with Crippen LogP contribution in [0.1, 0.15) is 23.2 Å². The van der Waals surface area contributed by atoms with Gasteiger partial charge in [0.15, 0.2) is 0 Å². The van der Waals surface area contributed by atoms with Crippen molar-refractivity contribution in [2.45, 2.75) is 25.4 Å². The fraction of sp³-hybridized carbons (Fsp3) is 0.200. The molecule has 1 saturated carbocycles. The van der Waals surface area contributed by atoms with Gasteiger partial charge in [-0.25, -0.2) is 4.68 Å². The van der Waals surface area contributed by atoms with Gasteiger partial charge in [-0.05, 0) is 31.0 Å². The predicted octanol–water partition coefficient (Wildman–Crippen LogP) is 1.93. The van der Waals surface area contributed by atoms with Crippen molar-refractivity contribution in [1.29, 1.82) is 0 Å². The molecule has 136 valence electrons. The van der Waals surface area contributed by atoms with Gasteiger partial charge in [-0.15, -0.1) is 0 Å². The van der Waals surface area contributed by atoms with E-state index in [4.69, 9.17) is 0 Å². The molecule has 2 amide bonds. The normalized spacial score (nSPS) is 13.3. The lowest BCUT2D eigenvalue weighted by molar-refractivity contribution is -0.117. The van der Waals surface area contributed by atoms with Crippen LogP contribution in [0.5, 0.6) is 0 Å². The van der Waals surface area contributed by atoms with Crippen LogP contribution in [0.15, 0.2) is 59.5 Å². The number of hydrogen-bond acceptors (Lipinski definition) is 4. The molecule has 1 aliphatic rings. The molecule has 0 atom stereocenters. The van der Waals surface area contributed by atoms with E-state index in [2.05, 4.69) is 15.7 Å². The Kier molecular flexibility index (Phi) is 4.42. The maximum Gasteiger partial charge on any atom is 0.275 e. The van der Waals surface area contributed by atoms with E-state index in [0.29, 0.717) is 16.6 Å². The number of nitrogens with zero attached hydrogens (tertiary/aromatic N) is 2. The molecule has 27 heavy (non-hydrogen) atoms. The monoisotopic (exact) mass is 362 g/mol. The third-order valence-corrected chi connectivity index (χ3v) is 4.41. The predicted molar refractivity (Wildman–Crippen MR) is 102 cm³/mol. The summed E-state index contributed by atoms with van der Waals surface area (Å²) < 4.78 is 1.12. The molecule has 1 aliphatic carbocycles. The largest absolute Gasteiger partial charge is 0.349 e. The quantitative estimate of drug-likeness (QED) is 0.725. The summed E-state index contributed by atoms with van der Waals surface area (Å²) >= 11 is 0. The lowest BCUT2D eigenvalue weighted by Crippen LogP contribution is -2.31. The molecule has 1 heterocycles. The number of nitrogens with one attached hydrogen (secondary N) is 2. The maximum atomic E-state index is 12.5. The molecule has 0 saturated heterocycles. The summed E-state index contributed by atoms with van der Waals surface area (Å²) in [7, 11) is 0. The molecule has 0 radical (unpaired) electrons. The highest BCUT2D eigenvalue weighted by Gasteiger charge is 2.25. The Morgan fingerprint density at radius 1 is 1.07 bits per heavy atom. The number of carbonyl (C=O) groups excluding carboxylic acids is 2. The molecular formula is C20H18N4O3. The van der Waals surface area contributed by atoms with Crippen LogP contribution in [0, 0.1) is 0 Å². The van der Waals surface area contributed by atoms with E-state index in [9.17, 15) is 14.4 Å². The SMILES string of the molecule is O=C(Cn1ncc2ccccc2c1=O)Nc1ccccc1C(=O)NC1CC1. The topological polar surface area (TPSA) is 93.1 Å². The van der Waals surface area contributed by atoms with E-state index in [-0.39, 0.29) is 24.1 Å². The molecule has 0 spiro atoms. The Bertz CT molecular complexity index is 1090. The van der Waals surface area contributed by atoms with Crippen molar-refractivity contribution in [2.75, 3.05) is 5.32 Å². The fourth-order valence-electron chi connectivity index (χ4n) is 2.85. The van der Waals surface area contributed by atoms with Crippen molar-refractivity contribution >= 4 is 28.3 Å². The number of benzene rings is 2. The lowest BCUT2D eigenvalue weighted by Gasteiger charge is -2.11. The molecule has 2 N–H and O–H groups in total. The van der Waals surface area contributed by atoms with E-state index < -0.39 is 5.91 Å². The highest BCUT2D eigenvalue weighted by atomic mass is 16.2. The van der Waals surface area contributed by atoms with Gasteiger partial charge in [0.05, 0.1) is 22.8 Å². The number of rotatable bonds is 5. The molecule has 7 heteroatoms. The average molecular weight is 362 g/mol. The van der Waals surface area contributed by atoms with E-state index in [0.717, 1.165) is 22.9 Å². The molecular weight excluding hydrogens is 344 g/mol. The van der Waals surface area contributed by atoms with Gasteiger partial charge in [0.1, 0.15) is 6.54 Å². The maximum absolute atomic E-state index is 12.5. The van der Waals surface area contributed by atoms with Gasteiger partial charge in [-0.2, -0.15) is 5.10 Å². The minimum absolute atomic E-state index is 0.214. The molecule has 3 aromatic rings. The summed E-state index contributed by atoms with van der Waals surface area (Å²) in [5.41, 5.74) is 0.481. The zero-order valence-corrected chi connectivity index (χ0v) is 14.5. The van der Waals surface area contributed by atoms with Gasteiger partial charge < -0.3 is 10.6 Å². The van der Waals surface area contributed by atoms with Gasteiger partial charge in [-0.3, -0.25) is 14.4 Å². The number of para-hydroxylation sites is 1. The van der Waals surface area contributed by atoms with Crippen molar-refractivity contribution in [3.63, 3.8) is 0 Å². The molecule has 0 bridgehead atoms. The first-order valence-corrected chi connectivity index (χ1v) is 8.76. The molecule has 7 nitrogen and oxygen atoms in total. The zero-order chi connectivity index (χ0) is 18.8. The second-order valence-corrected chi connectivity index (χ2v) is 6.54. The summed E-state index contributed by atoms with van der Waals surface area (Å²) in [4.78, 5) is 37.2. The van der Waals surface area contributed by atoms with Gasteiger partial charge in [0.2, 0.25) is 5.91 Å². The van der Waals surface area contributed by atoms with Crippen molar-refractivity contribution in [3.05, 3.63) is 70.6 Å². The number of hydrogen-bond donors (Lipinski definition) is 2. The molecule has 0 aliphatic heterocycles. The Balaban J connectivity index is 1.53. The first-order chi connectivity index (χ1) is 13.1. The third kappa shape index (κ3) is 3.72. The summed E-state index contributed by atoms with van der Waals surface area (Å²) in [5, 5.41) is 10.9. The highest BCUT2D eigenvalue weighted by molar-refractivity contribution is 6.03. The van der Waals surface area contributed by atoms with Crippen molar-refractivity contribution in [2.24, 2.45) is 0 Å². The summed E-state index contributed by atoms with van der Waals surface area (Å²) in [6, 6.07) is 14.1. The van der Waals surface area contributed by atoms with E-state index in [1.165, 1.54) is 0 Å². The smallest absolute Gasteiger partial charge is 0.275 e. The molecule has 1 aromatic heterocycles. The fourth-order valence-corrected chi connectivity index (χ4v) is 2.85. The Morgan fingerprint density at radius 3 is 2.63 bits per heavy atom. The Labute approximate surface area is 155 Å². The van der Waals surface area contributed by atoms with Crippen LogP contribution in [-0.2, 0) is 11.3 Å². The standard InChI is InChI=1S/C20H18N4O3/c25-18(12-24-20(27)15-6-2-1-5-13(15)11-21-24)23-17-8-4-3-7-16(17)19(26)22-14-9-10-14/h1-8,11,14H,9-10,12H2,(H,22,26)(H,23,25). The van der Waals surface area contributed by atoms with Crippen molar-refractivity contribution in [3.8, 4) is 0 Å². The van der Waals surface area contributed by atoms with Crippen LogP contribution in [0.3, 0.4) is 0 Å². The number of fused-ring (bicyclic) bond motifs is 1. The van der Waals surface area contributed by atoms with Crippen molar-refractivity contribution < 1.29 is 9.59 Å². The van der Waals surface area contributed by atoms with Gasteiger partial charge in [-0.1, -0.05) is 30.3 Å². The zero-order valence-electron chi connectivity index (χ0n) is 14.5. The summed E-state index contributed by atoms with van der Waals surface area (Å²) in [5.74, 6) is -0.638. The number of anilines is 1. The average Bonchev–Trinajstić information content (AvgIpc) is 3.48. The Morgan fingerprint density at radius 2 is 1.81 bits per heavy atom. The highest BCUT2D eigenvalue weighted by Crippen LogP contribution is 2.21. The van der Waals surface area contributed by atoms with Gasteiger partial charge in [0, 0.05) is 11.4 Å². The second kappa shape index (κ2) is 7.03. The molecule has 4 rings (SSSR count). The Hall–Kier alpha value is -3.48. The first-order valence-electron chi connectivity index (χ1n) is 8.76. The van der Waals surface area contributed by atoms with E-state index in [1.54, 1.807) is 48.7 Å². The number of aromatic nitrogens is 2. The lowest BCUT2D eigenvalue weighted by atomic mass is 10.1. The molecule has 1 fully saturated rings. The minimum Gasteiger partial charge on any atom is -0.349 e. The van der Waals surface area contributed by atoms with Crippen LogP contribution in [0.25, 0.3) is 10.8 Å². The number of amides is 2. The third-order valence-electron chi connectivity index (χ3n) is 4.41. The van der Waals surface area contributed by atoms with Gasteiger partial charge >= 0.3 is 0 Å². The summed E-state index contributed by atoms with van der Waals surface area (Å²) in [6.45, 7) is -0.234. The van der Waals surface area contributed by atoms with E-state index >= 15 is 0 Å². The van der Waals surface area contributed by atoms with Crippen LogP contribution >= 0.6 is 0 Å². The van der Waals surface area contributed by atoms with Crippen LogP contribution in [0.4, 0.5) is 5.69 Å². The van der Waals surface area contributed by atoms with Crippen LogP contribution in [0.2, 0.25) is 0 Å². The van der Waals surface area contributed by atoms with Gasteiger partial charge in [0.25, 0.3) is 11.5 Å². The summed E-state index contributed by atoms with van der Waals surface area (Å²) in [6.07, 6.45) is 3.52. The van der Waals surface area contributed by atoms with Crippen LogP contribution < -0.4 is 16.2 Å². The first kappa shape index (κ1) is 17.0.